The van der Waals surface area contributed by atoms with E-state index in [-0.39, 0.29) is 10.3 Å². The monoisotopic (exact) mass is 493 g/mol. The van der Waals surface area contributed by atoms with Gasteiger partial charge in [-0.15, -0.1) is 0 Å². The molecule has 0 saturated carbocycles. The summed E-state index contributed by atoms with van der Waals surface area (Å²) in [6, 6.07) is 38.1. The third-order valence-electron chi connectivity index (χ3n) is 6.44. The molecule has 4 nitrogen and oxygen atoms in total. The Kier molecular flexibility index (Phi) is 6.25. The molecule has 0 heterocycles. The van der Waals surface area contributed by atoms with E-state index < -0.39 is 10.0 Å². The van der Waals surface area contributed by atoms with Crippen LogP contribution in [0.4, 0.5) is 5.69 Å². The summed E-state index contributed by atoms with van der Waals surface area (Å²) in [5.74, 6) is 1.34. The fourth-order valence-corrected chi connectivity index (χ4v) is 5.33. The summed E-state index contributed by atoms with van der Waals surface area (Å²) in [5, 5.41) is 1.87. The lowest BCUT2D eigenvalue weighted by molar-refractivity contribution is 0.482. The van der Waals surface area contributed by atoms with Gasteiger partial charge in [-0.1, -0.05) is 86.6 Å². The maximum Gasteiger partial charge on any atom is 0.261 e. The third-order valence-corrected chi connectivity index (χ3v) is 7.82. The first-order valence-electron chi connectivity index (χ1n) is 11.8. The molecule has 0 aliphatic carbocycles. The van der Waals surface area contributed by atoms with E-state index in [1.54, 1.807) is 36.4 Å². The second kappa shape index (κ2) is 9.51. The van der Waals surface area contributed by atoms with Crippen LogP contribution in [0.1, 0.15) is 25.0 Å². The van der Waals surface area contributed by atoms with E-state index in [2.05, 4.69) is 55.0 Å². The average molecular weight is 494 g/mol. The van der Waals surface area contributed by atoms with Crippen LogP contribution in [0.15, 0.2) is 126 Å². The lowest BCUT2D eigenvalue weighted by Crippen LogP contribution is -2.18. The summed E-state index contributed by atoms with van der Waals surface area (Å²) < 4.78 is 34.4. The Labute approximate surface area is 212 Å². The standard InChI is InChI=1S/C31H27NO3S/c1-31(2,25-10-4-3-5-11-25)26-13-17-28(18-14-26)35-29-19-15-27(16-20-29)32-36(33,34)30-21-12-23-8-6-7-9-24(23)22-30/h3-22,32H,1-2H3. The highest BCUT2D eigenvalue weighted by atomic mass is 32.2. The molecular formula is C31H27NO3S. The van der Waals surface area contributed by atoms with Crippen LogP contribution in [0.25, 0.3) is 10.8 Å². The van der Waals surface area contributed by atoms with Gasteiger partial charge in [0.1, 0.15) is 11.5 Å². The van der Waals surface area contributed by atoms with Crippen molar-refractivity contribution in [1.82, 2.24) is 0 Å². The first kappa shape index (κ1) is 23.6. The van der Waals surface area contributed by atoms with E-state index in [9.17, 15) is 8.42 Å². The molecule has 0 saturated heterocycles. The fraction of sp³-hybridized carbons (Fsp3) is 0.0968. The highest BCUT2D eigenvalue weighted by Crippen LogP contribution is 2.33. The topological polar surface area (TPSA) is 55.4 Å². The summed E-state index contributed by atoms with van der Waals surface area (Å²) in [5.41, 5.74) is 2.79. The van der Waals surface area contributed by atoms with E-state index in [1.807, 2.05) is 48.5 Å². The molecule has 5 aromatic rings. The Bertz CT molecular complexity index is 1590. The Balaban J connectivity index is 1.27. The van der Waals surface area contributed by atoms with Crippen molar-refractivity contribution in [3.63, 3.8) is 0 Å². The quantitative estimate of drug-likeness (QED) is 0.252. The van der Waals surface area contributed by atoms with E-state index >= 15 is 0 Å². The Morgan fingerprint density at radius 3 is 1.83 bits per heavy atom. The van der Waals surface area contributed by atoms with Gasteiger partial charge in [0.25, 0.3) is 10.0 Å². The van der Waals surface area contributed by atoms with Crippen molar-refractivity contribution < 1.29 is 13.2 Å². The highest BCUT2D eigenvalue weighted by molar-refractivity contribution is 7.92. The minimum Gasteiger partial charge on any atom is -0.457 e. The minimum atomic E-state index is -3.71. The molecule has 1 N–H and O–H groups in total. The van der Waals surface area contributed by atoms with Crippen LogP contribution in [-0.2, 0) is 15.4 Å². The maximum atomic E-state index is 12.9. The largest absolute Gasteiger partial charge is 0.457 e. The number of sulfonamides is 1. The molecule has 0 aromatic heterocycles. The Morgan fingerprint density at radius 1 is 0.611 bits per heavy atom. The molecule has 0 amide bonds. The molecule has 0 fully saturated rings. The normalized spacial score (nSPS) is 11.8. The summed E-state index contributed by atoms with van der Waals surface area (Å²) >= 11 is 0. The van der Waals surface area contributed by atoms with Gasteiger partial charge in [0.15, 0.2) is 0 Å². The molecule has 180 valence electrons. The zero-order chi connectivity index (χ0) is 25.2. The van der Waals surface area contributed by atoms with Gasteiger partial charge in [-0.25, -0.2) is 8.42 Å². The number of benzene rings is 5. The van der Waals surface area contributed by atoms with Crippen molar-refractivity contribution in [2.75, 3.05) is 4.72 Å². The van der Waals surface area contributed by atoms with Gasteiger partial charge in [0, 0.05) is 11.1 Å². The highest BCUT2D eigenvalue weighted by Gasteiger charge is 2.22. The molecule has 5 rings (SSSR count). The number of hydrogen-bond acceptors (Lipinski definition) is 3. The zero-order valence-electron chi connectivity index (χ0n) is 20.2. The summed E-state index contributed by atoms with van der Waals surface area (Å²) in [6.45, 7) is 4.41. The molecule has 36 heavy (non-hydrogen) atoms. The smallest absolute Gasteiger partial charge is 0.261 e. The lowest BCUT2D eigenvalue weighted by atomic mass is 9.78. The van der Waals surface area contributed by atoms with Crippen LogP contribution in [-0.4, -0.2) is 8.42 Å². The van der Waals surface area contributed by atoms with Crippen molar-refractivity contribution in [2.24, 2.45) is 0 Å². The molecule has 5 aromatic carbocycles. The molecule has 0 aliphatic rings. The van der Waals surface area contributed by atoms with Gasteiger partial charge in [0.05, 0.1) is 4.90 Å². The number of fused-ring (bicyclic) bond motifs is 1. The summed E-state index contributed by atoms with van der Waals surface area (Å²) in [6.07, 6.45) is 0. The maximum absolute atomic E-state index is 12.9. The molecule has 0 spiro atoms. The SMILES string of the molecule is CC(C)(c1ccccc1)c1ccc(Oc2ccc(NS(=O)(=O)c3ccc4ccccc4c3)cc2)cc1. The van der Waals surface area contributed by atoms with Crippen LogP contribution < -0.4 is 9.46 Å². The molecule has 0 bridgehead atoms. The second-order valence-corrected chi connectivity index (χ2v) is 10.9. The van der Waals surface area contributed by atoms with Crippen molar-refractivity contribution in [3.8, 4) is 11.5 Å². The molecule has 0 aliphatic heterocycles. The fourth-order valence-electron chi connectivity index (χ4n) is 4.24. The minimum absolute atomic E-state index is 0.121. The molecular weight excluding hydrogens is 466 g/mol. The number of hydrogen-bond donors (Lipinski definition) is 1. The number of anilines is 1. The van der Waals surface area contributed by atoms with Gasteiger partial charge in [-0.05, 0) is 70.4 Å². The van der Waals surface area contributed by atoms with Gasteiger partial charge in [-0.3, -0.25) is 4.72 Å². The first-order chi connectivity index (χ1) is 17.3. The predicted octanol–water partition coefficient (Wildman–Crippen LogP) is 7.76. The van der Waals surface area contributed by atoms with Gasteiger partial charge < -0.3 is 4.74 Å². The Hall–Kier alpha value is -4.09. The molecule has 0 radical (unpaired) electrons. The lowest BCUT2D eigenvalue weighted by Gasteiger charge is -2.26. The van der Waals surface area contributed by atoms with Crippen LogP contribution in [0.3, 0.4) is 0 Å². The Morgan fingerprint density at radius 2 is 1.17 bits per heavy atom. The van der Waals surface area contributed by atoms with Crippen LogP contribution >= 0.6 is 0 Å². The summed E-state index contributed by atoms with van der Waals surface area (Å²) in [7, 11) is -3.71. The number of nitrogens with one attached hydrogen (secondary N) is 1. The van der Waals surface area contributed by atoms with Crippen LogP contribution in [0.5, 0.6) is 11.5 Å². The summed E-state index contributed by atoms with van der Waals surface area (Å²) in [4.78, 5) is 0.222. The van der Waals surface area contributed by atoms with Gasteiger partial charge in [0.2, 0.25) is 0 Å². The van der Waals surface area contributed by atoms with E-state index in [4.69, 9.17) is 4.74 Å². The molecule has 0 atom stereocenters. The van der Waals surface area contributed by atoms with Gasteiger partial charge in [-0.2, -0.15) is 0 Å². The van der Waals surface area contributed by atoms with Crippen LogP contribution in [0, 0.1) is 0 Å². The first-order valence-corrected chi connectivity index (χ1v) is 13.3. The zero-order valence-corrected chi connectivity index (χ0v) is 21.0. The number of rotatable bonds is 7. The van der Waals surface area contributed by atoms with Crippen LogP contribution in [0.2, 0.25) is 0 Å². The van der Waals surface area contributed by atoms with E-state index in [0.717, 1.165) is 10.8 Å². The average Bonchev–Trinajstić information content (AvgIpc) is 2.90. The van der Waals surface area contributed by atoms with E-state index in [1.165, 1.54) is 11.1 Å². The molecule has 5 heteroatoms. The second-order valence-electron chi connectivity index (χ2n) is 9.26. The van der Waals surface area contributed by atoms with Crippen molar-refractivity contribution in [1.29, 1.82) is 0 Å². The van der Waals surface area contributed by atoms with Crippen molar-refractivity contribution in [3.05, 3.63) is 132 Å². The third kappa shape index (κ3) is 4.97. The van der Waals surface area contributed by atoms with Gasteiger partial charge >= 0.3 is 0 Å². The molecule has 0 unspecified atom stereocenters. The predicted molar refractivity (Wildman–Crippen MR) is 146 cm³/mol. The van der Waals surface area contributed by atoms with Crippen molar-refractivity contribution >= 4 is 26.5 Å². The van der Waals surface area contributed by atoms with Crippen molar-refractivity contribution in [2.45, 2.75) is 24.2 Å². The number of ether oxygens (including phenoxy) is 1. The van der Waals surface area contributed by atoms with E-state index in [0.29, 0.717) is 17.2 Å².